The highest BCUT2D eigenvalue weighted by Gasteiger charge is 2.21. The van der Waals surface area contributed by atoms with Gasteiger partial charge in [0.25, 0.3) is 0 Å². The fourth-order valence-corrected chi connectivity index (χ4v) is 4.85. The average molecular weight is 455 g/mol. The minimum Gasteiger partial charge on any atom is -0.324 e. The number of anilines is 2. The molecule has 0 atom stereocenters. The van der Waals surface area contributed by atoms with E-state index in [9.17, 15) is 13.2 Å². The maximum Gasteiger partial charge on any atom is 0.245 e. The molecular formula is C24H26N2O3S2. The van der Waals surface area contributed by atoms with Crippen LogP contribution in [0.15, 0.2) is 77.7 Å². The van der Waals surface area contributed by atoms with Crippen LogP contribution in [0.3, 0.4) is 0 Å². The van der Waals surface area contributed by atoms with Crippen molar-refractivity contribution in [3.05, 3.63) is 89.5 Å². The molecule has 0 heterocycles. The molecule has 0 saturated heterocycles. The third-order valence-corrected chi connectivity index (χ3v) is 6.91. The van der Waals surface area contributed by atoms with Gasteiger partial charge in [-0.15, -0.1) is 11.8 Å². The van der Waals surface area contributed by atoms with Crippen molar-refractivity contribution >= 4 is 39.1 Å². The molecule has 162 valence electrons. The fourth-order valence-electron chi connectivity index (χ4n) is 3.14. The van der Waals surface area contributed by atoms with Crippen LogP contribution in [0.2, 0.25) is 0 Å². The van der Waals surface area contributed by atoms with Crippen LogP contribution in [-0.2, 0) is 20.6 Å². The van der Waals surface area contributed by atoms with Gasteiger partial charge in [0, 0.05) is 16.3 Å². The first kappa shape index (κ1) is 22.9. The van der Waals surface area contributed by atoms with Gasteiger partial charge < -0.3 is 5.32 Å². The van der Waals surface area contributed by atoms with Crippen molar-refractivity contribution in [2.75, 3.05) is 22.4 Å². The number of sulfonamides is 1. The Kier molecular flexibility index (Phi) is 7.41. The van der Waals surface area contributed by atoms with E-state index in [0.717, 1.165) is 33.0 Å². The molecule has 0 bridgehead atoms. The first-order chi connectivity index (χ1) is 14.7. The van der Waals surface area contributed by atoms with Gasteiger partial charge >= 0.3 is 0 Å². The van der Waals surface area contributed by atoms with Crippen LogP contribution in [0.1, 0.15) is 16.7 Å². The normalized spacial score (nSPS) is 11.2. The lowest BCUT2D eigenvalue weighted by molar-refractivity contribution is -0.114. The van der Waals surface area contributed by atoms with Crippen molar-refractivity contribution in [2.24, 2.45) is 0 Å². The summed E-state index contributed by atoms with van der Waals surface area (Å²) in [6, 6.07) is 23.2. The highest BCUT2D eigenvalue weighted by molar-refractivity contribution is 7.98. The van der Waals surface area contributed by atoms with E-state index in [1.165, 1.54) is 4.90 Å². The summed E-state index contributed by atoms with van der Waals surface area (Å²) >= 11 is 1.75. The first-order valence-corrected chi connectivity index (χ1v) is 12.7. The van der Waals surface area contributed by atoms with Gasteiger partial charge in [0.05, 0.1) is 11.9 Å². The summed E-state index contributed by atoms with van der Waals surface area (Å²) in [5, 5.41) is 2.85. The Balaban J connectivity index is 1.67. The van der Waals surface area contributed by atoms with Gasteiger partial charge in [0.2, 0.25) is 15.9 Å². The molecule has 3 aromatic carbocycles. The van der Waals surface area contributed by atoms with Gasteiger partial charge in [-0.05, 0) is 60.9 Å². The van der Waals surface area contributed by atoms with Gasteiger partial charge in [-0.25, -0.2) is 8.42 Å². The van der Waals surface area contributed by atoms with Crippen molar-refractivity contribution in [2.45, 2.75) is 24.5 Å². The Hall–Kier alpha value is -2.77. The average Bonchev–Trinajstić information content (AvgIpc) is 2.72. The maximum atomic E-state index is 12.7. The third kappa shape index (κ3) is 6.60. The molecule has 0 aliphatic carbocycles. The molecule has 31 heavy (non-hydrogen) atoms. The molecule has 7 heteroatoms. The van der Waals surface area contributed by atoms with E-state index >= 15 is 0 Å². The molecule has 0 aromatic heterocycles. The predicted octanol–water partition coefficient (Wildman–Crippen LogP) is 5.00. The van der Waals surface area contributed by atoms with Crippen molar-refractivity contribution in [3.8, 4) is 0 Å². The summed E-state index contributed by atoms with van der Waals surface area (Å²) in [5.41, 5.74) is 4.16. The molecule has 0 spiro atoms. The summed E-state index contributed by atoms with van der Waals surface area (Å²) < 4.78 is 25.7. The molecule has 0 fully saturated rings. The second-order valence-corrected chi connectivity index (χ2v) is 10.4. The summed E-state index contributed by atoms with van der Waals surface area (Å²) in [7, 11) is -3.60. The third-order valence-electron chi connectivity index (χ3n) is 4.69. The lowest BCUT2D eigenvalue weighted by atomic mass is 10.1. The van der Waals surface area contributed by atoms with E-state index in [2.05, 4.69) is 17.4 Å². The van der Waals surface area contributed by atoms with E-state index in [-0.39, 0.29) is 12.5 Å². The number of amides is 1. The summed E-state index contributed by atoms with van der Waals surface area (Å²) in [4.78, 5) is 13.9. The Labute approximate surface area is 188 Å². The van der Waals surface area contributed by atoms with E-state index in [1.807, 2.05) is 56.3 Å². The number of carbonyl (C=O) groups is 1. The van der Waals surface area contributed by atoms with Crippen LogP contribution in [-0.4, -0.2) is 27.1 Å². The molecule has 0 radical (unpaired) electrons. The van der Waals surface area contributed by atoms with Gasteiger partial charge in [-0.2, -0.15) is 0 Å². The molecule has 0 saturated carbocycles. The van der Waals surface area contributed by atoms with Gasteiger partial charge in [-0.3, -0.25) is 9.10 Å². The SMILES string of the molecule is Cc1cccc(N(CC(=O)Nc2ccc(CSc3ccccc3)cc2C)S(C)(=O)=O)c1. The standard InChI is InChI=1S/C24H26N2O3S2/c1-18-8-7-9-21(14-18)26(31(3,28)29)16-24(27)25-23-13-12-20(15-19(23)2)17-30-22-10-5-4-6-11-22/h4-15H,16-17H2,1-3H3,(H,25,27). The molecule has 5 nitrogen and oxygen atoms in total. The number of hydrogen-bond acceptors (Lipinski definition) is 4. The molecule has 0 unspecified atom stereocenters. The molecule has 0 aliphatic rings. The number of nitrogens with one attached hydrogen (secondary N) is 1. The largest absolute Gasteiger partial charge is 0.324 e. The van der Waals surface area contributed by atoms with Crippen LogP contribution in [0.25, 0.3) is 0 Å². The predicted molar refractivity (Wildman–Crippen MR) is 129 cm³/mol. The van der Waals surface area contributed by atoms with E-state index in [0.29, 0.717) is 11.4 Å². The summed E-state index contributed by atoms with van der Waals surface area (Å²) in [5.74, 6) is 0.440. The quantitative estimate of drug-likeness (QED) is 0.487. The number of benzene rings is 3. The van der Waals surface area contributed by atoms with Crippen LogP contribution in [0.5, 0.6) is 0 Å². The Morgan fingerprint density at radius 2 is 1.71 bits per heavy atom. The zero-order chi connectivity index (χ0) is 22.4. The van der Waals surface area contributed by atoms with Crippen molar-refractivity contribution in [1.29, 1.82) is 0 Å². The number of carbonyl (C=O) groups excluding carboxylic acids is 1. The summed E-state index contributed by atoms with van der Waals surface area (Å²) in [6.45, 7) is 3.53. The Bertz CT molecular complexity index is 1160. The molecule has 1 amide bonds. The summed E-state index contributed by atoms with van der Waals surface area (Å²) in [6.07, 6.45) is 1.10. The second kappa shape index (κ2) is 10.0. The zero-order valence-corrected chi connectivity index (χ0v) is 19.5. The van der Waals surface area contributed by atoms with E-state index < -0.39 is 10.0 Å². The van der Waals surface area contributed by atoms with E-state index in [1.54, 1.807) is 30.0 Å². The number of rotatable bonds is 8. The smallest absolute Gasteiger partial charge is 0.245 e. The highest BCUT2D eigenvalue weighted by atomic mass is 32.2. The Morgan fingerprint density at radius 1 is 0.968 bits per heavy atom. The monoisotopic (exact) mass is 454 g/mol. The maximum absolute atomic E-state index is 12.7. The topological polar surface area (TPSA) is 66.5 Å². The van der Waals surface area contributed by atoms with Gasteiger partial charge in [-0.1, -0.05) is 42.5 Å². The number of thioether (sulfide) groups is 1. The molecule has 3 rings (SSSR count). The first-order valence-electron chi connectivity index (χ1n) is 9.84. The fraction of sp³-hybridized carbons (Fsp3) is 0.208. The van der Waals surface area contributed by atoms with Crippen LogP contribution >= 0.6 is 11.8 Å². The molecule has 1 N–H and O–H groups in total. The number of aryl methyl sites for hydroxylation is 2. The zero-order valence-electron chi connectivity index (χ0n) is 17.8. The minimum absolute atomic E-state index is 0.284. The van der Waals surface area contributed by atoms with Crippen molar-refractivity contribution < 1.29 is 13.2 Å². The van der Waals surface area contributed by atoms with Crippen LogP contribution in [0.4, 0.5) is 11.4 Å². The highest BCUT2D eigenvalue weighted by Crippen LogP contribution is 2.25. The number of hydrogen-bond donors (Lipinski definition) is 1. The van der Waals surface area contributed by atoms with E-state index in [4.69, 9.17) is 0 Å². The molecular weight excluding hydrogens is 428 g/mol. The molecule has 3 aromatic rings. The van der Waals surface area contributed by atoms with Crippen LogP contribution < -0.4 is 9.62 Å². The lowest BCUT2D eigenvalue weighted by Crippen LogP contribution is -2.37. The van der Waals surface area contributed by atoms with Crippen molar-refractivity contribution in [1.82, 2.24) is 0 Å². The van der Waals surface area contributed by atoms with Gasteiger partial charge in [0.15, 0.2) is 0 Å². The lowest BCUT2D eigenvalue weighted by Gasteiger charge is -2.22. The second-order valence-electron chi connectivity index (χ2n) is 7.41. The van der Waals surface area contributed by atoms with Crippen molar-refractivity contribution in [3.63, 3.8) is 0 Å². The van der Waals surface area contributed by atoms with Crippen LogP contribution in [0, 0.1) is 13.8 Å². The Morgan fingerprint density at radius 3 is 2.35 bits per heavy atom. The van der Waals surface area contributed by atoms with Gasteiger partial charge in [0.1, 0.15) is 6.54 Å². The minimum atomic E-state index is -3.60. The molecule has 0 aliphatic heterocycles. The number of nitrogens with zero attached hydrogens (tertiary/aromatic N) is 1.